The molecular formula is C13H25N3O2S. The first-order chi connectivity index (χ1) is 9.04. The molecule has 5 nitrogen and oxygen atoms in total. The van der Waals surface area contributed by atoms with Gasteiger partial charge in [-0.25, -0.2) is 4.98 Å². The van der Waals surface area contributed by atoms with Gasteiger partial charge >= 0.3 is 0 Å². The van der Waals surface area contributed by atoms with Crippen molar-refractivity contribution < 1.29 is 8.95 Å². The molecule has 0 radical (unpaired) electrons. The van der Waals surface area contributed by atoms with Gasteiger partial charge in [0.2, 0.25) is 5.95 Å². The summed E-state index contributed by atoms with van der Waals surface area (Å²) in [4.78, 5) is 4.49. The zero-order valence-electron chi connectivity index (χ0n) is 12.3. The lowest BCUT2D eigenvalue weighted by molar-refractivity contribution is 0.197. The summed E-state index contributed by atoms with van der Waals surface area (Å²) in [7, 11) is 0.968. The number of hydrogen-bond donors (Lipinski definition) is 1. The first kappa shape index (κ1) is 16.2. The number of nitrogens with one attached hydrogen (secondary N) is 1. The van der Waals surface area contributed by atoms with Gasteiger partial charge in [-0.3, -0.25) is 4.21 Å². The zero-order valence-corrected chi connectivity index (χ0v) is 13.1. The van der Waals surface area contributed by atoms with Crippen molar-refractivity contribution in [1.82, 2.24) is 9.55 Å². The first-order valence-corrected chi connectivity index (χ1v) is 8.35. The van der Waals surface area contributed by atoms with Crippen molar-refractivity contribution in [2.75, 3.05) is 37.6 Å². The van der Waals surface area contributed by atoms with Crippen LogP contribution in [-0.2, 0) is 15.5 Å². The van der Waals surface area contributed by atoms with Gasteiger partial charge in [0, 0.05) is 55.3 Å². The van der Waals surface area contributed by atoms with Crippen LogP contribution in [0.15, 0.2) is 6.20 Å². The number of aryl methyl sites for hydroxylation is 1. The Bertz CT molecular complexity index is 407. The fraction of sp³-hybridized carbons (Fsp3) is 0.769. The number of aromatic nitrogens is 2. The lowest BCUT2D eigenvalue weighted by Gasteiger charge is -2.16. The van der Waals surface area contributed by atoms with Crippen molar-refractivity contribution in [3.05, 3.63) is 11.9 Å². The Hall–Kier alpha value is -0.880. The molecule has 0 aliphatic rings. The van der Waals surface area contributed by atoms with Crippen LogP contribution in [0.3, 0.4) is 0 Å². The van der Waals surface area contributed by atoms with Gasteiger partial charge in [0.1, 0.15) is 0 Å². The van der Waals surface area contributed by atoms with Crippen LogP contribution in [0.25, 0.3) is 0 Å². The molecule has 0 fully saturated rings. The second-order valence-corrected chi connectivity index (χ2v) is 6.36. The molecule has 1 N–H and O–H groups in total. The minimum Gasteiger partial charge on any atom is -0.385 e. The third-order valence-corrected chi connectivity index (χ3v) is 3.77. The van der Waals surface area contributed by atoms with E-state index in [-0.39, 0.29) is 0 Å². The largest absolute Gasteiger partial charge is 0.385 e. The van der Waals surface area contributed by atoms with E-state index in [0.29, 0.717) is 6.04 Å². The molecule has 1 heterocycles. The molecule has 1 rings (SSSR count). The van der Waals surface area contributed by atoms with Gasteiger partial charge in [-0.05, 0) is 26.7 Å². The van der Waals surface area contributed by atoms with E-state index in [4.69, 9.17) is 4.74 Å². The zero-order chi connectivity index (χ0) is 14.3. The number of rotatable bonds is 9. The van der Waals surface area contributed by atoms with Crippen molar-refractivity contribution in [1.29, 1.82) is 0 Å². The lowest BCUT2D eigenvalue weighted by atomic mass is 10.2. The summed E-state index contributed by atoms with van der Waals surface area (Å²) in [6, 6.07) is 0.301. The fourth-order valence-corrected chi connectivity index (χ4v) is 2.55. The Labute approximate surface area is 118 Å². The van der Waals surface area contributed by atoms with Crippen LogP contribution < -0.4 is 5.32 Å². The van der Waals surface area contributed by atoms with E-state index < -0.39 is 10.8 Å². The summed E-state index contributed by atoms with van der Waals surface area (Å²) in [5, 5.41) is 3.33. The smallest absolute Gasteiger partial charge is 0.203 e. The summed E-state index contributed by atoms with van der Waals surface area (Å²) >= 11 is 0. The normalized spacial score (nSPS) is 14.3. The number of imidazole rings is 1. The molecule has 0 amide bonds. The van der Waals surface area contributed by atoms with Gasteiger partial charge in [0.05, 0.1) is 5.69 Å². The van der Waals surface area contributed by atoms with E-state index >= 15 is 0 Å². The minimum atomic E-state index is -0.738. The summed E-state index contributed by atoms with van der Waals surface area (Å²) in [5.74, 6) is 1.62. The van der Waals surface area contributed by atoms with Gasteiger partial charge < -0.3 is 14.6 Å². The predicted molar refractivity (Wildman–Crippen MR) is 80.2 cm³/mol. The Morgan fingerprint density at radius 2 is 2.32 bits per heavy atom. The molecule has 2 atom stereocenters. The number of ether oxygens (including phenoxy) is 1. The monoisotopic (exact) mass is 287 g/mol. The van der Waals surface area contributed by atoms with E-state index in [1.165, 1.54) is 0 Å². The van der Waals surface area contributed by atoms with Crippen LogP contribution in [0.2, 0.25) is 0 Å². The van der Waals surface area contributed by atoms with Gasteiger partial charge in [-0.1, -0.05) is 0 Å². The van der Waals surface area contributed by atoms with Crippen molar-refractivity contribution in [3.8, 4) is 0 Å². The van der Waals surface area contributed by atoms with Gasteiger partial charge in [0.15, 0.2) is 0 Å². The third kappa shape index (κ3) is 5.74. The SMILES string of the molecule is COCCCNc1nc(C)cn1C(C)CCS(C)=O. The second-order valence-electron chi connectivity index (χ2n) is 4.80. The Morgan fingerprint density at radius 1 is 1.58 bits per heavy atom. The van der Waals surface area contributed by atoms with E-state index in [9.17, 15) is 4.21 Å². The Balaban J connectivity index is 2.58. The number of methoxy groups -OCH3 is 1. The molecule has 2 unspecified atom stereocenters. The van der Waals surface area contributed by atoms with E-state index in [1.54, 1.807) is 13.4 Å². The highest BCUT2D eigenvalue weighted by Crippen LogP contribution is 2.18. The Morgan fingerprint density at radius 3 is 2.95 bits per heavy atom. The quantitative estimate of drug-likeness (QED) is 0.706. The Kier molecular flexibility index (Phi) is 7.09. The van der Waals surface area contributed by atoms with Crippen molar-refractivity contribution >= 4 is 16.7 Å². The number of nitrogens with zero attached hydrogens (tertiary/aromatic N) is 2. The molecule has 1 aromatic heterocycles. The van der Waals surface area contributed by atoms with Crippen molar-refractivity contribution in [2.45, 2.75) is 32.7 Å². The highest BCUT2D eigenvalue weighted by atomic mass is 32.2. The second kappa shape index (κ2) is 8.32. The summed E-state index contributed by atoms with van der Waals surface area (Å²) in [6.07, 6.45) is 5.64. The standard InChI is InChI=1S/C13H25N3O2S/c1-11-10-16(12(2)6-9-19(4)17)13(15-11)14-7-5-8-18-3/h10,12H,5-9H2,1-4H3,(H,14,15). The summed E-state index contributed by atoms with van der Waals surface area (Å²) in [5.41, 5.74) is 0.999. The average molecular weight is 287 g/mol. The molecule has 110 valence electrons. The van der Waals surface area contributed by atoms with Gasteiger partial charge in [-0.15, -0.1) is 0 Å². The highest BCUT2D eigenvalue weighted by Gasteiger charge is 2.12. The average Bonchev–Trinajstić information content (AvgIpc) is 2.73. The number of hydrogen-bond acceptors (Lipinski definition) is 4. The molecule has 19 heavy (non-hydrogen) atoms. The van der Waals surface area contributed by atoms with Gasteiger partial charge in [-0.2, -0.15) is 0 Å². The maximum atomic E-state index is 11.2. The number of anilines is 1. The van der Waals surface area contributed by atoms with Crippen LogP contribution in [0.1, 0.15) is 31.5 Å². The summed E-state index contributed by atoms with van der Waals surface area (Å²) in [6.45, 7) is 5.71. The van der Waals surface area contributed by atoms with Crippen molar-refractivity contribution in [3.63, 3.8) is 0 Å². The van der Waals surface area contributed by atoms with Crippen LogP contribution in [0.4, 0.5) is 5.95 Å². The van der Waals surface area contributed by atoms with Crippen LogP contribution in [-0.4, -0.2) is 46.0 Å². The first-order valence-electron chi connectivity index (χ1n) is 6.63. The molecule has 1 aromatic rings. The topological polar surface area (TPSA) is 56.1 Å². The van der Waals surface area contributed by atoms with Crippen LogP contribution in [0.5, 0.6) is 0 Å². The lowest BCUT2D eigenvalue weighted by Crippen LogP contribution is -2.14. The maximum Gasteiger partial charge on any atom is 0.203 e. The minimum absolute atomic E-state index is 0.301. The van der Waals surface area contributed by atoms with Crippen LogP contribution >= 0.6 is 0 Å². The van der Waals surface area contributed by atoms with Crippen molar-refractivity contribution in [2.24, 2.45) is 0 Å². The predicted octanol–water partition coefficient (Wildman–Crippen LogP) is 1.97. The summed E-state index contributed by atoms with van der Waals surface area (Å²) < 4.78 is 18.3. The maximum absolute atomic E-state index is 11.2. The van der Waals surface area contributed by atoms with E-state index in [1.807, 2.05) is 13.1 Å². The molecular weight excluding hydrogens is 262 g/mol. The van der Waals surface area contributed by atoms with Crippen LogP contribution in [0, 0.1) is 6.92 Å². The molecule has 6 heteroatoms. The van der Waals surface area contributed by atoms with E-state index in [0.717, 1.165) is 43.4 Å². The highest BCUT2D eigenvalue weighted by molar-refractivity contribution is 7.84. The molecule has 0 aromatic carbocycles. The molecule has 0 saturated carbocycles. The third-order valence-electron chi connectivity index (χ3n) is 2.96. The molecule has 0 saturated heterocycles. The molecule has 0 spiro atoms. The molecule has 0 aliphatic carbocycles. The fourth-order valence-electron chi connectivity index (χ4n) is 1.88. The molecule has 0 bridgehead atoms. The van der Waals surface area contributed by atoms with Gasteiger partial charge in [0.25, 0.3) is 0 Å². The van der Waals surface area contributed by atoms with E-state index in [2.05, 4.69) is 21.8 Å². The molecule has 0 aliphatic heterocycles.